The zero-order valence-electron chi connectivity index (χ0n) is 18.4. The Balaban J connectivity index is 2.28. The minimum Gasteiger partial charge on any atom is -0.521 e. The molecule has 0 N–H and O–H groups in total. The Bertz CT molecular complexity index is 1000. The molecule has 0 saturated heterocycles. The highest BCUT2D eigenvalue weighted by Crippen LogP contribution is 2.38. The SMILES string of the molecule is CON(C)C(=O)c1cc(F)cnc1O[Si](c1ccccc1)(c1ccccc1)C(C)(C)C. The largest absolute Gasteiger partial charge is 0.521 e. The number of carbonyl (C=O) groups is 1. The number of rotatable bonds is 6. The number of halogens is 1. The van der Waals surface area contributed by atoms with E-state index in [1.54, 1.807) is 0 Å². The van der Waals surface area contributed by atoms with Crippen molar-refractivity contribution in [1.29, 1.82) is 0 Å². The second kappa shape index (κ2) is 8.99. The molecular formula is C24H27FN2O3Si. The van der Waals surface area contributed by atoms with Crippen LogP contribution in [0.3, 0.4) is 0 Å². The van der Waals surface area contributed by atoms with E-state index in [9.17, 15) is 9.18 Å². The standard InChI is InChI=1S/C24H27FN2O3Si/c1-24(2,3)31(19-12-8-6-9-13-19,20-14-10-7-11-15-20)30-22-21(16-18(25)17-26-22)23(28)27(4)29-5/h6-17H,1-5H3. The number of carbonyl (C=O) groups excluding carboxylic acids is 1. The van der Waals surface area contributed by atoms with E-state index in [0.29, 0.717) is 0 Å². The Morgan fingerprint density at radius 1 is 1.00 bits per heavy atom. The number of hydroxylamine groups is 2. The lowest BCUT2D eigenvalue weighted by molar-refractivity contribution is -0.0758. The van der Waals surface area contributed by atoms with E-state index < -0.39 is 20.0 Å². The van der Waals surface area contributed by atoms with Gasteiger partial charge in [-0.15, -0.1) is 0 Å². The monoisotopic (exact) mass is 438 g/mol. The van der Waals surface area contributed by atoms with Crippen molar-refractivity contribution in [3.63, 3.8) is 0 Å². The maximum Gasteiger partial charge on any atom is 0.322 e. The second-order valence-corrected chi connectivity index (χ2v) is 12.5. The maximum absolute atomic E-state index is 14.1. The fourth-order valence-corrected chi connectivity index (χ4v) is 8.09. The highest BCUT2D eigenvalue weighted by atomic mass is 28.4. The fourth-order valence-electron chi connectivity index (χ4n) is 3.71. The number of aromatic nitrogens is 1. The van der Waals surface area contributed by atoms with Crippen LogP contribution in [-0.2, 0) is 4.84 Å². The Kier molecular flexibility index (Phi) is 6.57. The van der Waals surface area contributed by atoms with E-state index >= 15 is 0 Å². The predicted molar refractivity (Wildman–Crippen MR) is 122 cm³/mol. The van der Waals surface area contributed by atoms with E-state index in [0.717, 1.165) is 27.7 Å². The lowest BCUT2D eigenvalue weighted by Gasteiger charge is -2.42. The highest BCUT2D eigenvalue weighted by molar-refractivity contribution is 7.00. The summed E-state index contributed by atoms with van der Waals surface area (Å²) in [4.78, 5) is 22.1. The molecule has 0 saturated carbocycles. The molecule has 0 atom stereocenters. The van der Waals surface area contributed by atoms with Crippen LogP contribution >= 0.6 is 0 Å². The van der Waals surface area contributed by atoms with Crippen LogP contribution < -0.4 is 14.8 Å². The van der Waals surface area contributed by atoms with Crippen LogP contribution in [-0.4, -0.2) is 38.4 Å². The molecule has 0 spiro atoms. The molecule has 1 aromatic heterocycles. The molecule has 3 aromatic rings. The van der Waals surface area contributed by atoms with Crippen molar-refractivity contribution >= 4 is 24.6 Å². The molecule has 0 aliphatic carbocycles. The molecule has 0 aliphatic heterocycles. The minimum absolute atomic E-state index is 0.0114. The molecule has 5 nitrogen and oxygen atoms in total. The number of amides is 1. The Morgan fingerprint density at radius 3 is 1.97 bits per heavy atom. The maximum atomic E-state index is 14.1. The number of pyridine rings is 1. The molecule has 0 fully saturated rings. The highest BCUT2D eigenvalue weighted by Gasteiger charge is 2.52. The molecule has 7 heteroatoms. The van der Waals surface area contributed by atoms with Gasteiger partial charge in [0.05, 0.1) is 13.3 Å². The second-order valence-electron chi connectivity index (χ2n) is 8.26. The lowest BCUT2D eigenvalue weighted by atomic mass is 10.2. The van der Waals surface area contributed by atoms with E-state index in [-0.39, 0.29) is 16.5 Å². The summed E-state index contributed by atoms with van der Waals surface area (Å²) >= 11 is 0. The zero-order valence-corrected chi connectivity index (χ0v) is 19.4. The minimum atomic E-state index is -3.03. The van der Waals surface area contributed by atoms with E-state index in [1.165, 1.54) is 14.2 Å². The molecular weight excluding hydrogens is 411 g/mol. The van der Waals surface area contributed by atoms with Crippen LogP contribution in [0.25, 0.3) is 0 Å². The molecule has 162 valence electrons. The van der Waals surface area contributed by atoms with Gasteiger partial charge in [0.15, 0.2) is 0 Å². The summed E-state index contributed by atoms with van der Waals surface area (Å²) in [5, 5.41) is 2.74. The van der Waals surface area contributed by atoms with E-state index in [2.05, 4.69) is 25.8 Å². The Morgan fingerprint density at radius 2 is 1.52 bits per heavy atom. The van der Waals surface area contributed by atoms with Crippen molar-refractivity contribution in [3.05, 3.63) is 84.3 Å². The van der Waals surface area contributed by atoms with E-state index in [4.69, 9.17) is 9.26 Å². The first-order valence-corrected chi connectivity index (χ1v) is 11.9. The smallest absolute Gasteiger partial charge is 0.322 e. The van der Waals surface area contributed by atoms with Gasteiger partial charge in [-0.1, -0.05) is 81.4 Å². The summed E-state index contributed by atoms with van der Waals surface area (Å²) in [6.07, 6.45) is 1.07. The van der Waals surface area contributed by atoms with Crippen molar-refractivity contribution in [1.82, 2.24) is 10.0 Å². The topological polar surface area (TPSA) is 51.7 Å². The van der Waals surface area contributed by atoms with Crippen LogP contribution in [0.1, 0.15) is 31.1 Å². The predicted octanol–water partition coefficient (Wildman–Crippen LogP) is 3.79. The van der Waals surface area contributed by atoms with Crippen LogP contribution in [0.5, 0.6) is 5.88 Å². The van der Waals surface area contributed by atoms with Crippen molar-refractivity contribution in [2.45, 2.75) is 25.8 Å². The first-order valence-electron chi connectivity index (χ1n) is 9.98. The molecule has 0 aliphatic rings. The average molecular weight is 439 g/mol. The number of hydrogen-bond donors (Lipinski definition) is 0. The summed E-state index contributed by atoms with van der Waals surface area (Å²) < 4.78 is 20.9. The lowest BCUT2D eigenvalue weighted by Crippen LogP contribution is -2.69. The van der Waals surface area contributed by atoms with Gasteiger partial charge in [-0.3, -0.25) is 9.63 Å². The third-order valence-electron chi connectivity index (χ3n) is 5.27. The number of hydrogen-bond acceptors (Lipinski definition) is 4. The normalized spacial score (nSPS) is 11.8. The first-order chi connectivity index (χ1) is 14.7. The Labute approximate surface area is 183 Å². The average Bonchev–Trinajstić information content (AvgIpc) is 2.77. The van der Waals surface area contributed by atoms with Gasteiger partial charge in [0, 0.05) is 7.05 Å². The summed E-state index contributed by atoms with van der Waals surface area (Å²) in [5.41, 5.74) is 0.0114. The van der Waals surface area contributed by atoms with Gasteiger partial charge in [-0.25, -0.2) is 14.4 Å². The van der Waals surface area contributed by atoms with Gasteiger partial charge in [0.25, 0.3) is 5.91 Å². The zero-order chi connectivity index (χ0) is 22.6. The van der Waals surface area contributed by atoms with Crippen molar-refractivity contribution in [2.24, 2.45) is 0 Å². The third-order valence-corrected chi connectivity index (χ3v) is 10.2. The fraction of sp³-hybridized carbons (Fsp3) is 0.250. The number of benzene rings is 2. The summed E-state index contributed by atoms with van der Waals surface area (Å²) in [7, 11) is -0.200. The van der Waals surface area contributed by atoms with Crippen molar-refractivity contribution in [3.8, 4) is 5.88 Å². The molecule has 31 heavy (non-hydrogen) atoms. The van der Waals surface area contributed by atoms with Gasteiger partial charge >= 0.3 is 8.32 Å². The number of nitrogens with zero attached hydrogens (tertiary/aromatic N) is 2. The summed E-state index contributed by atoms with van der Waals surface area (Å²) in [5.74, 6) is -1.07. The first kappa shape index (κ1) is 22.6. The molecule has 1 heterocycles. The molecule has 0 radical (unpaired) electrons. The summed E-state index contributed by atoms with van der Waals surface area (Å²) in [6.45, 7) is 6.35. The van der Waals surface area contributed by atoms with Gasteiger partial charge in [0.1, 0.15) is 11.4 Å². The van der Waals surface area contributed by atoms with Crippen molar-refractivity contribution in [2.75, 3.05) is 14.2 Å². The van der Waals surface area contributed by atoms with Gasteiger partial charge in [-0.05, 0) is 21.5 Å². The van der Waals surface area contributed by atoms with Crippen LogP contribution in [0.2, 0.25) is 5.04 Å². The summed E-state index contributed by atoms with van der Waals surface area (Å²) in [6, 6.07) is 21.1. The van der Waals surface area contributed by atoms with Crippen LogP contribution in [0, 0.1) is 5.82 Å². The quantitative estimate of drug-likeness (QED) is 0.434. The van der Waals surface area contributed by atoms with Gasteiger partial charge in [-0.2, -0.15) is 0 Å². The molecule has 3 rings (SSSR count). The Hall–Kier alpha value is -3.03. The van der Waals surface area contributed by atoms with E-state index in [1.807, 2.05) is 60.7 Å². The molecule has 0 bridgehead atoms. The van der Waals surface area contributed by atoms with Crippen LogP contribution in [0.4, 0.5) is 4.39 Å². The van der Waals surface area contributed by atoms with Crippen molar-refractivity contribution < 1.29 is 18.4 Å². The molecule has 1 amide bonds. The van der Waals surface area contributed by atoms with Gasteiger partial charge in [0.2, 0.25) is 5.88 Å². The molecule has 0 unspecified atom stereocenters. The van der Waals surface area contributed by atoms with Gasteiger partial charge < -0.3 is 4.43 Å². The molecule has 2 aromatic carbocycles. The third kappa shape index (κ3) is 4.38. The van der Waals surface area contributed by atoms with Crippen LogP contribution in [0.15, 0.2) is 72.9 Å².